The standard InChI is InChI=1S/C16H23NO2/c1-3-12-9-8-11(2)17(12)14-10-19-15-7-5-4-6-13(15)16(14)18/h4-7,11-12,14,16,18H,3,8-10H2,1-2H3. The summed E-state index contributed by atoms with van der Waals surface area (Å²) < 4.78 is 5.86. The fraction of sp³-hybridized carbons (Fsp3) is 0.625. The summed E-state index contributed by atoms with van der Waals surface area (Å²) in [6, 6.07) is 9.07. The highest BCUT2D eigenvalue weighted by Gasteiger charge is 2.41. The minimum atomic E-state index is -0.431. The van der Waals surface area contributed by atoms with Gasteiger partial charge >= 0.3 is 0 Å². The molecule has 3 nitrogen and oxygen atoms in total. The van der Waals surface area contributed by atoms with Crippen LogP contribution in [-0.4, -0.2) is 34.7 Å². The quantitative estimate of drug-likeness (QED) is 0.888. The number of hydrogen-bond acceptors (Lipinski definition) is 3. The molecule has 0 amide bonds. The highest BCUT2D eigenvalue weighted by atomic mass is 16.5. The molecule has 2 aliphatic heterocycles. The maximum Gasteiger partial charge on any atom is 0.125 e. The van der Waals surface area contributed by atoms with E-state index in [0.717, 1.165) is 17.7 Å². The summed E-state index contributed by atoms with van der Waals surface area (Å²) in [4.78, 5) is 2.49. The lowest BCUT2D eigenvalue weighted by atomic mass is 9.96. The van der Waals surface area contributed by atoms with E-state index in [1.165, 1.54) is 12.8 Å². The monoisotopic (exact) mass is 261 g/mol. The first-order valence-electron chi connectivity index (χ1n) is 7.39. The highest BCUT2D eigenvalue weighted by molar-refractivity contribution is 5.37. The number of rotatable bonds is 2. The zero-order valence-corrected chi connectivity index (χ0v) is 11.7. The summed E-state index contributed by atoms with van der Waals surface area (Å²) in [5.41, 5.74) is 0.938. The topological polar surface area (TPSA) is 32.7 Å². The number of nitrogens with zero attached hydrogens (tertiary/aromatic N) is 1. The van der Waals surface area contributed by atoms with Gasteiger partial charge in [0.15, 0.2) is 0 Å². The molecule has 4 atom stereocenters. The van der Waals surface area contributed by atoms with Crippen LogP contribution >= 0.6 is 0 Å². The lowest BCUT2D eigenvalue weighted by molar-refractivity contribution is -0.0179. The molecule has 3 rings (SSSR count). The van der Waals surface area contributed by atoms with E-state index in [9.17, 15) is 5.11 Å². The third-order valence-electron chi connectivity index (χ3n) is 4.71. The molecule has 1 fully saturated rings. The normalized spacial score (nSPS) is 34.9. The van der Waals surface area contributed by atoms with Crippen LogP contribution < -0.4 is 4.74 Å². The van der Waals surface area contributed by atoms with Gasteiger partial charge in [0.25, 0.3) is 0 Å². The molecule has 0 aromatic heterocycles. The maximum atomic E-state index is 10.7. The summed E-state index contributed by atoms with van der Waals surface area (Å²) >= 11 is 0. The van der Waals surface area contributed by atoms with Crippen LogP contribution in [0.1, 0.15) is 44.8 Å². The van der Waals surface area contributed by atoms with Gasteiger partial charge in [0.2, 0.25) is 0 Å². The van der Waals surface area contributed by atoms with E-state index in [4.69, 9.17) is 4.74 Å². The molecule has 19 heavy (non-hydrogen) atoms. The van der Waals surface area contributed by atoms with Gasteiger partial charge in [-0.2, -0.15) is 0 Å². The Labute approximate surface area is 115 Å². The summed E-state index contributed by atoms with van der Waals surface area (Å²) in [6.07, 6.45) is 3.18. The van der Waals surface area contributed by atoms with Gasteiger partial charge in [-0.15, -0.1) is 0 Å². The Kier molecular flexibility index (Phi) is 3.50. The number of fused-ring (bicyclic) bond motifs is 1. The molecule has 1 aromatic carbocycles. The van der Waals surface area contributed by atoms with Crippen molar-refractivity contribution in [3.8, 4) is 5.75 Å². The van der Waals surface area contributed by atoms with Crippen LogP contribution in [0.15, 0.2) is 24.3 Å². The Bertz CT molecular complexity index is 448. The molecule has 0 bridgehead atoms. The number of hydrogen-bond donors (Lipinski definition) is 1. The molecule has 0 radical (unpaired) electrons. The molecule has 2 heterocycles. The summed E-state index contributed by atoms with van der Waals surface area (Å²) in [6.45, 7) is 5.10. The fourth-order valence-corrected chi connectivity index (χ4v) is 3.68. The third-order valence-corrected chi connectivity index (χ3v) is 4.71. The minimum Gasteiger partial charge on any atom is -0.491 e. The van der Waals surface area contributed by atoms with Crippen molar-refractivity contribution in [3.63, 3.8) is 0 Å². The van der Waals surface area contributed by atoms with Crippen molar-refractivity contribution < 1.29 is 9.84 Å². The van der Waals surface area contributed by atoms with E-state index in [0.29, 0.717) is 18.7 Å². The highest BCUT2D eigenvalue weighted by Crippen LogP contribution is 2.38. The van der Waals surface area contributed by atoms with Crippen LogP contribution in [0, 0.1) is 0 Å². The average molecular weight is 261 g/mol. The van der Waals surface area contributed by atoms with Crippen LogP contribution in [0.3, 0.4) is 0 Å². The Morgan fingerprint density at radius 2 is 2.11 bits per heavy atom. The Balaban J connectivity index is 1.87. The van der Waals surface area contributed by atoms with Crippen LogP contribution in [0.4, 0.5) is 0 Å². The van der Waals surface area contributed by atoms with Crippen LogP contribution in [0.2, 0.25) is 0 Å². The SMILES string of the molecule is CCC1CCC(C)N1C1COc2ccccc2C1O. The predicted octanol–water partition coefficient (Wildman–Crippen LogP) is 2.74. The van der Waals surface area contributed by atoms with Crippen molar-refractivity contribution in [3.05, 3.63) is 29.8 Å². The van der Waals surface area contributed by atoms with Crippen LogP contribution in [-0.2, 0) is 0 Å². The first-order chi connectivity index (χ1) is 9.22. The molecule has 1 N–H and O–H groups in total. The van der Waals surface area contributed by atoms with Crippen LogP contribution in [0.5, 0.6) is 5.75 Å². The number of likely N-dealkylation sites (tertiary alicyclic amines) is 1. The van der Waals surface area contributed by atoms with E-state index in [2.05, 4.69) is 18.7 Å². The molecule has 3 heteroatoms. The lowest BCUT2D eigenvalue weighted by Crippen LogP contribution is -2.50. The van der Waals surface area contributed by atoms with Gasteiger partial charge in [0, 0.05) is 17.6 Å². The van der Waals surface area contributed by atoms with Crippen molar-refractivity contribution in [1.82, 2.24) is 4.90 Å². The van der Waals surface area contributed by atoms with Gasteiger partial charge in [0.1, 0.15) is 18.5 Å². The largest absolute Gasteiger partial charge is 0.491 e. The van der Waals surface area contributed by atoms with Gasteiger partial charge in [0.05, 0.1) is 6.04 Å². The van der Waals surface area contributed by atoms with Crippen molar-refractivity contribution in [2.24, 2.45) is 0 Å². The van der Waals surface area contributed by atoms with Gasteiger partial charge in [-0.3, -0.25) is 4.90 Å². The van der Waals surface area contributed by atoms with Gasteiger partial charge < -0.3 is 9.84 Å². The van der Waals surface area contributed by atoms with E-state index >= 15 is 0 Å². The van der Waals surface area contributed by atoms with Gasteiger partial charge in [-0.1, -0.05) is 25.1 Å². The molecule has 1 aromatic rings. The number of para-hydroxylation sites is 1. The number of ether oxygens (including phenoxy) is 1. The molecule has 1 saturated heterocycles. The molecule has 0 spiro atoms. The number of aliphatic hydroxyl groups is 1. The second-order valence-corrected chi connectivity index (χ2v) is 5.80. The Hall–Kier alpha value is -1.06. The van der Waals surface area contributed by atoms with Crippen molar-refractivity contribution in [2.75, 3.05) is 6.61 Å². The van der Waals surface area contributed by atoms with E-state index < -0.39 is 6.10 Å². The predicted molar refractivity (Wildman–Crippen MR) is 75.3 cm³/mol. The zero-order chi connectivity index (χ0) is 13.4. The molecular formula is C16H23NO2. The molecule has 0 saturated carbocycles. The lowest BCUT2D eigenvalue weighted by Gasteiger charge is -2.41. The van der Waals surface area contributed by atoms with Crippen molar-refractivity contribution in [1.29, 1.82) is 0 Å². The second kappa shape index (κ2) is 5.14. The Morgan fingerprint density at radius 1 is 1.32 bits per heavy atom. The zero-order valence-electron chi connectivity index (χ0n) is 11.7. The van der Waals surface area contributed by atoms with E-state index in [1.807, 2.05) is 24.3 Å². The van der Waals surface area contributed by atoms with E-state index in [1.54, 1.807) is 0 Å². The van der Waals surface area contributed by atoms with Crippen molar-refractivity contribution >= 4 is 0 Å². The fourth-order valence-electron chi connectivity index (χ4n) is 3.68. The van der Waals surface area contributed by atoms with Crippen molar-refractivity contribution in [2.45, 2.75) is 57.3 Å². The van der Waals surface area contributed by atoms with E-state index in [-0.39, 0.29) is 6.04 Å². The summed E-state index contributed by atoms with van der Waals surface area (Å²) in [5, 5.41) is 10.7. The summed E-state index contributed by atoms with van der Waals surface area (Å²) in [5.74, 6) is 0.839. The summed E-state index contributed by atoms with van der Waals surface area (Å²) in [7, 11) is 0. The molecular weight excluding hydrogens is 238 g/mol. The average Bonchev–Trinajstić information content (AvgIpc) is 2.81. The molecule has 0 aliphatic carbocycles. The molecule has 2 aliphatic rings. The first-order valence-corrected chi connectivity index (χ1v) is 7.39. The first kappa shape index (κ1) is 12.9. The minimum absolute atomic E-state index is 0.0948. The number of benzene rings is 1. The number of aliphatic hydroxyl groups excluding tert-OH is 1. The second-order valence-electron chi connectivity index (χ2n) is 5.80. The van der Waals surface area contributed by atoms with Crippen LogP contribution in [0.25, 0.3) is 0 Å². The van der Waals surface area contributed by atoms with Gasteiger partial charge in [-0.05, 0) is 32.3 Å². The molecule has 4 unspecified atom stereocenters. The third kappa shape index (κ3) is 2.15. The maximum absolute atomic E-state index is 10.7. The molecule has 104 valence electrons. The van der Waals surface area contributed by atoms with Gasteiger partial charge in [-0.25, -0.2) is 0 Å². The smallest absolute Gasteiger partial charge is 0.125 e. The Morgan fingerprint density at radius 3 is 2.89 bits per heavy atom.